The smallest absolute Gasteiger partial charge is 0.441 e. The van der Waals surface area contributed by atoms with Crippen molar-refractivity contribution < 1.29 is 28.6 Å². The Hall–Kier alpha value is -2.04. The number of carbonyl (C=O) groups is 2. The molecule has 0 amide bonds. The zero-order valence-electron chi connectivity index (χ0n) is 13.0. The molecule has 22 heavy (non-hydrogen) atoms. The summed E-state index contributed by atoms with van der Waals surface area (Å²) in [7, 11) is 0. The number of ether oxygens (including phenoxy) is 3. The van der Waals surface area contributed by atoms with Crippen molar-refractivity contribution in [2.24, 2.45) is 0 Å². The van der Waals surface area contributed by atoms with Crippen LogP contribution in [0.25, 0.3) is 5.53 Å². The third-order valence-electron chi connectivity index (χ3n) is 2.78. The van der Waals surface area contributed by atoms with Crippen molar-refractivity contribution in [1.82, 2.24) is 0 Å². The van der Waals surface area contributed by atoms with E-state index in [1.54, 1.807) is 19.1 Å². The van der Waals surface area contributed by atoms with Crippen LogP contribution in [0.4, 0.5) is 0 Å². The minimum absolute atomic E-state index is 0.0204. The molecule has 0 spiro atoms. The summed E-state index contributed by atoms with van der Waals surface area (Å²) in [6.45, 7) is 5.81. The number of Topliss-reactive ketones (excluding diaryl/α,β-unsaturated/α-hetero) is 1. The molecule has 1 aliphatic heterocycles. The first-order valence-corrected chi connectivity index (χ1v) is 7.05. The molecule has 0 N–H and O–H groups in total. The number of hydrogen-bond acceptors (Lipinski definition) is 5. The molecule has 0 bridgehead atoms. The number of rotatable bonds is 7. The molecule has 1 aliphatic rings. The van der Waals surface area contributed by atoms with Gasteiger partial charge in [-0.3, -0.25) is 4.79 Å². The topological polar surface area (TPSA) is 98.2 Å². The second kappa shape index (κ2) is 8.41. The first-order valence-electron chi connectivity index (χ1n) is 7.05. The first kappa shape index (κ1) is 18.0. The summed E-state index contributed by atoms with van der Waals surface area (Å²) in [4.78, 5) is 25.7. The highest BCUT2D eigenvalue weighted by Gasteiger charge is 2.31. The van der Waals surface area contributed by atoms with E-state index in [1.165, 1.54) is 0 Å². The molecule has 120 valence electrons. The monoisotopic (exact) mass is 308 g/mol. The predicted octanol–water partition coefficient (Wildman–Crippen LogP) is 1.43. The third-order valence-corrected chi connectivity index (χ3v) is 2.78. The zero-order chi connectivity index (χ0) is 16.6. The van der Waals surface area contributed by atoms with E-state index in [0.717, 1.165) is 0 Å². The Balaban J connectivity index is 2.43. The molecule has 0 aromatic rings. The minimum Gasteiger partial charge on any atom is -0.457 e. The summed E-state index contributed by atoms with van der Waals surface area (Å²) in [5, 5.41) is 0. The summed E-state index contributed by atoms with van der Waals surface area (Å²) in [5.41, 5.74) is 11.0. The van der Waals surface area contributed by atoms with Crippen molar-refractivity contribution >= 4 is 17.5 Å². The van der Waals surface area contributed by atoms with Crippen molar-refractivity contribution in [2.45, 2.75) is 45.5 Å². The van der Waals surface area contributed by atoms with Gasteiger partial charge in [0.05, 0.1) is 13.2 Å². The normalized spacial score (nSPS) is 18.8. The van der Waals surface area contributed by atoms with E-state index >= 15 is 0 Å². The molecule has 0 aromatic heterocycles. The van der Waals surface area contributed by atoms with Crippen LogP contribution in [-0.4, -0.2) is 47.4 Å². The number of ketones is 1. The van der Waals surface area contributed by atoms with Gasteiger partial charge in [-0.2, -0.15) is 4.79 Å². The summed E-state index contributed by atoms with van der Waals surface area (Å²) in [5.74, 6) is -2.10. The lowest BCUT2D eigenvalue weighted by atomic mass is 10.1. The SMILES string of the molecule is CCOC(=O)C(=[N+]=[N-])C(=O)CCC=C=C[C@@H]1COC(C)(C)O1. The Morgan fingerprint density at radius 1 is 1.50 bits per heavy atom. The Bertz CT molecular complexity index is 540. The van der Waals surface area contributed by atoms with Crippen LogP contribution in [-0.2, 0) is 23.8 Å². The van der Waals surface area contributed by atoms with Crippen LogP contribution in [0.1, 0.15) is 33.6 Å². The van der Waals surface area contributed by atoms with Gasteiger partial charge in [0.15, 0.2) is 5.79 Å². The largest absolute Gasteiger partial charge is 0.457 e. The molecule has 1 heterocycles. The number of esters is 1. The lowest BCUT2D eigenvalue weighted by Crippen LogP contribution is -2.27. The molecule has 0 aromatic carbocycles. The van der Waals surface area contributed by atoms with E-state index < -0.39 is 23.3 Å². The van der Waals surface area contributed by atoms with Crippen LogP contribution in [0, 0.1) is 0 Å². The molecule has 1 fully saturated rings. The van der Waals surface area contributed by atoms with Gasteiger partial charge in [0.25, 0.3) is 5.78 Å². The van der Waals surface area contributed by atoms with Gasteiger partial charge in [-0.15, -0.1) is 5.73 Å². The van der Waals surface area contributed by atoms with Gasteiger partial charge in [0.1, 0.15) is 6.10 Å². The van der Waals surface area contributed by atoms with Crippen LogP contribution < -0.4 is 0 Å². The fraction of sp³-hybridized carbons (Fsp3) is 0.600. The number of hydrogen-bond donors (Lipinski definition) is 0. The van der Waals surface area contributed by atoms with E-state index in [-0.39, 0.29) is 19.1 Å². The van der Waals surface area contributed by atoms with E-state index in [4.69, 9.17) is 15.0 Å². The highest BCUT2D eigenvalue weighted by atomic mass is 16.7. The quantitative estimate of drug-likeness (QED) is 0.177. The molecular weight excluding hydrogens is 288 g/mol. The zero-order valence-corrected chi connectivity index (χ0v) is 13.0. The molecule has 0 unspecified atom stereocenters. The maximum atomic E-state index is 11.7. The molecule has 7 heteroatoms. The molecule has 1 atom stereocenters. The van der Waals surface area contributed by atoms with Crippen LogP contribution in [0.2, 0.25) is 0 Å². The second-order valence-corrected chi connectivity index (χ2v) is 5.04. The van der Waals surface area contributed by atoms with E-state index in [0.29, 0.717) is 13.0 Å². The van der Waals surface area contributed by atoms with E-state index in [9.17, 15) is 9.59 Å². The summed E-state index contributed by atoms with van der Waals surface area (Å²) in [6.07, 6.45) is 3.56. The first-order chi connectivity index (χ1) is 10.4. The standard InChI is InChI=1S/C15H20N2O5/c1-4-20-14(19)13(17-16)12(18)9-7-5-6-8-11-10-21-15(2,3)22-11/h5,8,11H,4,7,9-10H2,1-3H3/t6?,11-/m1/s1. The van der Waals surface area contributed by atoms with E-state index in [2.05, 4.69) is 15.3 Å². The average molecular weight is 308 g/mol. The minimum atomic E-state index is -0.923. The van der Waals surface area contributed by atoms with Crippen molar-refractivity contribution in [2.75, 3.05) is 13.2 Å². The van der Waals surface area contributed by atoms with Crippen LogP contribution in [0.15, 0.2) is 17.9 Å². The van der Waals surface area contributed by atoms with Gasteiger partial charge < -0.3 is 19.7 Å². The molecule has 1 rings (SSSR count). The summed E-state index contributed by atoms with van der Waals surface area (Å²) < 4.78 is 15.6. The van der Waals surface area contributed by atoms with Crippen molar-refractivity contribution in [3.8, 4) is 0 Å². The van der Waals surface area contributed by atoms with Gasteiger partial charge in [-0.25, -0.2) is 4.79 Å². The van der Waals surface area contributed by atoms with Crippen molar-refractivity contribution in [1.29, 1.82) is 0 Å². The van der Waals surface area contributed by atoms with Crippen LogP contribution >= 0.6 is 0 Å². The molecule has 7 nitrogen and oxygen atoms in total. The Labute approximate surface area is 129 Å². The molecular formula is C15H20N2O5. The van der Waals surface area contributed by atoms with Gasteiger partial charge in [-0.1, -0.05) is 0 Å². The van der Waals surface area contributed by atoms with Crippen LogP contribution in [0.5, 0.6) is 0 Å². The predicted molar refractivity (Wildman–Crippen MR) is 77.1 cm³/mol. The fourth-order valence-electron chi connectivity index (χ4n) is 1.79. The second-order valence-electron chi connectivity index (χ2n) is 5.04. The fourth-order valence-corrected chi connectivity index (χ4v) is 1.79. The van der Waals surface area contributed by atoms with Crippen LogP contribution in [0.3, 0.4) is 0 Å². The highest BCUT2D eigenvalue weighted by Crippen LogP contribution is 2.22. The van der Waals surface area contributed by atoms with Gasteiger partial charge in [0.2, 0.25) is 0 Å². The molecule has 1 saturated heterocycles. The molecule has 0 aliphatic carbocycles. The van der Waals surface area contributed by atoms with Crippen molar-refractivity contribution in [3.63, 3.8) is 0 Å². The Morgan fingerprint density at radius 2 is 2.23 bits per heavy atom. The van der Waals surface area contributed by atoms with Gasteiger partial charge >= 0.3 is 11.7 Å². The number of nitrogens with zero attached hydrogens (tertiary/aromatic N) is 2. The number of carbonyl (C=O) groups excluding carboxylic acids is 2. The molecule has 0 radical (unpaired) electrons. The summed E-state index contributed by atoms with van der Waals surface area (Å²) in [6, 6.07) is 0. The lowest BCUT2D eigenvalue weighted by Gasteiger charge is -2.15. The van der Waals surface area contributed by atoms with E-state index in [1.807, 2.05) is 13.8 Å². The average Bonchev–Trinajstić information content (AvgIpc) is 2.79. The highest BCUT2D eigenvalue weighted by molar-refractivity contribution is 6.62. The molecule has 0 saturated carbocycles. The maximum Gasteiger partial charge on any atom is 0.441 e. The Morgan fingerprint density at radius 3 is 2.77 bits per heavy atom. The maximum absolute atomic E-state index is 11.7. The Kier molecular flexibility index (Phi) is 6.89. The van der Waals surface area contributed by atoms with Gasteiger partial charge in [-0.05, 0) is 39.3 Å². The summed E-state index contributed by atoms with van der Waals surface area (Å²) >= 11 is 0. The van der Waals surface area contributed by atoms with Crippen molar-refractivity contribution in [3.05, 3.63) is 23.4 Å². The lowest BCUT2D eigenvalue weighted by molar-refractivity contribution is -0.141. The van der Waals surface area contributed by atoms with Gasteiger partial charge in [0, 0.05) is 6.42 Å². The third kappa shape index (κ3) is 5.76.